The first-order valence-corrected chi connectivity index (χ1v) is 19.8. The van der Waals surface area contributed by atoms with Crippen LogP contribution in [0.4, 0.5) is 4.79 Å². The molecule has 0 saturated heterocycles. The number of para-hydroxylation sites is 1. The van der Waals surface area contributed by atoms with E-state index in [0.717, 1.165) is 48.1 Å². The van der Waals surface area contributed by atoms with Crippen LogP contribution in [0, 0.1) is 0 Å². The summed E-state index contributed by atoms with van der Waals surface area (Å²) in [6.07, 6.45) is 2.22. The molecule has 0 bridgehead atoms. The molecule has 2 aliphatic rings. The molecule has 2 fully saturated rings. The Labute approximate surface area is 319 Å². The number of nitrogens with one attached hydrogen (secondary N) is 2. The van der Waals surface area contributed by atoms with E-state index < -0.39 is 59.2 Å². The highest BCUT2D eigenvalue weighted by Gasteiger charge is 2.48. The zero-order valence-corrected chi connectivity index (χ0v) is 31.6. The van der Waals surface area contributed by atoms with Crippen LogP contribution in [0.3, 0.4) is 0 Å². The number of hydrogen-bond donors (Lipinski definition) is 7. The largest absolute Gasteiger partial charge is 0.490 e. The number of aliphatic hydroxyl groups excluding tert-OH is 5. The topological polar surface area (TPSA) is 220 Å². The molecule has 2 amide bonds. The molecule has 1 aromatic heterocycles. The standard InChI is InChI=1S/C37H49ClN4O11S/c1-2-42(16-18-51-17-15-40-36(48)41-31(21-43)34(46)35(47)32(45)22-44)54(49,50)26-9-10-30(38)24(19-26)23-52-37(12-13-37)29-20-39-14-11-27(29)28-5-3-4-6-33(28)53-25-7-8-25/h3-6,9-11,14,19-20,25,31-32,34-35,43-47H,2,7-8,12-13,15-18,21-23H2,1H3,(H2,40,41,48). The number of carbonyl (C=O) groups is 1. The van der Waals surface area contributed by atoms with Crippen molar-refractivity contribution in [3.63, 3.8) is 0 Å². The predicted molar refractivity (Wildman–Crippen MR) is 198 cm³/mol. The normalized spacial score (nSPS) is 17.4. The molecule has 1 heterocycles. The fourth-order valence-corrected chi connectivity index (χ4v) is 7.58. The number of ether oxygens (including phenoxy) is 3. The average Bonchev–Trinajstić information content (AvgIpc) is 4.13. The molecule has 0 spiro atoms. The van der Waals surface area contributed by atoms with E-state index in [1.165, 1.54) is 16.4 Å². The average molecular weight is 793 g/mol. The summed E-state index contributed by atoms with van der Waals surface area (Å²) in [4.78, 5) is 16.7. The third-order valence-corrected chi connectivity index (χ3v) is 11.7. The molecule has 2 aliphatic carbocycles. The second-order valence-electron chi connectivity index (χ2n) is 13.3. The first-order valence-electron chi connectivity index (χ1n) is 17.9. The van der Waals surface area contributed by atoms with E-state index in [1.807, 2.05) is 36.5 Å². The maximum atomic E-state index is 13.7. The molecule has 0 radical (unpaired) electrons. The second kappa shape index (κ2) is 18.9. The zero-order valence-electron chi connectivity index (χ0n) is 30.0. The number of halogens is 1. The number of carbonyl (C=O) groups excluding carboxylic acids is 1. The van der Waals surface area contributed by atoms with E-state index in [1.54, 1.807) is 19.2 Å². The molecule has 2 aromatic carbocycles. The van der Waals surface area contributed by atoms with Gasteiger partial charge in [0.05, 0.1) is 55.7 Å². The fraction of sp³-hybridized carbons (Fsp3) is 0.514. The third kappa shape index (κ3) is 10.5. The van der Waals surface area contributed by atoms with Gasteiger partial charge in [-0.2, -0.15) is 4.31 Å². The minimum absolute atomic E-state index is 0.00407. The van der Waals surface area contributed by atoms with Gasteiger partial charge in [0.15, 0.2) is 0 Å². The lowest BCUT2D eigenvalue weighted by molar-refractivity contribution is -0.0902. The van der Waals surface area contributed by atoms with Gasteiger partial charge in [-0.3, -0.25) is 4.98 Å². The van der Waals surface area contributed by atoms with Crippen molar-refractivity contribution in [2.24, 2.45) is 0 Å². The number of rotatable bonds is 22. The number of aromatic nitrogens is 1. The van der Waals surface area contributed by atoms with Crippen LogP contribution in [0.1, 0.15) is 43.7 Å². The quantitative estimate of drug-likeness (QED) is 0.0726. The Morgan fingerprint density at radius 1 is 1.04 bits per heavy atom. The highest BCUT2D eigenvalue weighted by atomic mass is 35.5. The van der Waals surface area contributed by atoms with E-state index in [2.05, 4.69) is 15.6 Å². The lowest BCUT2D eigenvalue weighted by Gasteiger charge is -2.28. The minimum atomic E-state index is -3.94. The lowest BCUT2D eigenvalue weighted by Crippen LogP contribution is -2.56. The number of sulfonamides is 1. The number of urea groups is 1. The summed E-state index contributed by atoms with van der Waals surface area (Å²) >= 11 is 6.57. The van der Waals surface area contributed by atoms with Gasteiger partial charge in [0, 0.05) is 48.2 Å². The van der Waals surface area contributed by atoms with Gasteiger partial charge in [0.25, 0.3) is 0 Å². The Balaban J connectivity index is 1.14. The van der Waals surface area contributed by atoms with E-state index in [9.17, 15) is 33.6 Å². The van der Waals surface area contributed by atoms with Crippen molar-refractivity contribution < 1.29 is 53.0 Å². The molecule has 54 heavy (non-hydrogen) atoms. The van der Waals surface area contributed by atoms with Crippen molar-refractivity contribution in [1.29, 1.82) is 0 Å². The lowest BCUT2D eigenvalue weighted by atomic mass is 9.96. The molecule has 0 aliphatic heterocycles. The highest BCUT2D eigenvalue weighted by Crippen LogP contribution is 2.53. The van der Waals surface area contributed by atoms with Crippen LogP contribution in [0.2, 0.25) is 5.02 Å². The van der Waals surface area contributed by atoms with Gasteiger partial charge >= 0.3 is 6.03 Å². The Kier molecular flexibility index (Phi) is 14.6. The number of likely N-dealkylation sites (N-methyl/N-ethyl adjacent to an activating group) is 1. The van der Waals surface area contributed by atoms with Gasteiger partial charge in [-0.1, -0.05) is 36.7 Å². The SMILES string of the molecule is CCN(CCOCCNC(=O)NC(CO)C(O)C(O)C(O)CO)S(=O)(=O)c1ccc(Cl)c(COC2(c3cnccc3-c3ccccc3OC3CC3)CC2)c1. The molecular weight excluding hydrogens is 744 g/mol. The Hall–Kier alpha value is -3.42. The van der Waals surface area contributed by atoms with Crippen molar-refractivity contribution in [3.8, 4) is 16.9 Å². The van der Waals surface area contributed by atoms with E-state index in [4.69, 9.17) is 30.9 Å². The van der Waals surface area contributed by atoms with Gasteiger partial charge in [0.1, 0.15) is 24.1 Å². The zero-order chi connectivity index (χ0) is 38.9. The molecule has 4 atom stereocenters. The molecule has 2 saturated carbocycles. The monoisotopic (exact) mass is 792 g/mol. The number of amides is 2. The van der Waals surface area contributed by atoms with Crippen LogP contribution in [0.25, 0.3) is 11.1 Å². The molecule has 5 rings (SSSR count). The molecular formula is C37H49ClN4O11S. The summed E-state index contributed by atoms with van der Waals surface area (Å²) in [7, 11) is -3.94. The Morgan fingerprint density at radius 2 is 1.80 bits per heavy atom. The van der Waals surface area contributed by atoms with E-state index in [0.29, 0.717) is 10.6 Å². The molecule has 15 nitrogen and oxygen atoms in total. The molecule has 3 aromatic rings. The van der Waals surface area contributed by atoms with Crippen molar-refractivity contribution in [3.05, 3.63) is 77.1 Å². The summed E-state index contributed by atoms with van der Waals surface area (Å²) in [5.74, 6) is 0.819. The molecule has 7 N–H and O–H groups in total. The van der Waals surface area contributed by atoms with Gasteiger partial charge < -0.3 is 50.4 Å². The van der Waals surface area contributed by atoms with Crippen molar-refractivity contribution in [2.45, 2.75) is 80.2 Å². The minimum Gasteiger partial charge on any atom is -0.490 e. The van der Waals surface area contributed by atoms with E-state index >= 15 is 0 Å². The molecule has 296 valence electrons. The first-order chi connectivity index (χ1) is 25.9. The summed E-state index contributed by atoms with van der Waals surface area (Å²) in [5, 5.41) is 52.9. The maximum Gasteiger partial charge on any atom is 0.315 e. The van der Waals surface area contributed by atoms with Crippen molar-refractivity contribution in [1.82, 2.24) is 19.9 Å². The maximum absolute atomic E-state index is 13.7. The highest BCUT2D eigenvalue weighted by molar-refractivity contribution is 7.89. The van der Waals surface area contributed by atoms with Gasteiger partial charge in [0.2, 0.25) is 10.0 Å². The Bertz CT molecular complexity index is 1810. The fourth-order valence-electron chi connectivity index (χ4n) is 5.93. The van der Waals surface area contributed by atoms with Gasteiger partial charge in [-0.15, -0.1) is 0 Å². The molecule has 4 unspecified atom stereocenters. The summed E-state index contributed by atoms with van der Waals surface area (Å²) < 4.78 is 47.0. The number of aliphatic hydroxyl groups is 5. The van der Waals surface area contributed by atoms with Crippen LogP contribution in [0.5, 0.6) is 5.75 Å². The van der Waals surface area contributed by atoms with Crippen LogP contribution >= 0.6 is 11.6 Å². The van der Waals surface area contributed by atoms with Crippen LogP contribution in [-0.4, -0.2) is 126 Å². The number of pyridine rings is 1. The second-order valence-corrected chi connectivity index (χ2v) is 15.6. The van der Waals surface area contributed by atoms with Crippen molar-refractivity contribution >= 4 is 27.7 Å². The van der Waals surface area contributed by atoms with Gasteiger partial charge in [-0.25, -0.2) is 13.2 Å². The predicted octanol–water partition coefficient (Wildman–Crippen LogP) is 1.91. The molecule has 17 heteroatoms. The van der Waals surface area contributed by atoms with Crippen molar-refractivity contribution in [2.75, 3.05) is 46.1 Å². The van der Waals surface area contributed by atoms with Crippen LogP contribution in [-0.2, 0) is 31.7 Å². The third-order valence-electron chi connectivity index (χ3n) is 9.40. The number of benzene rings is 2. The van der Waals surface area contributed by atoms with Crippen LogP contribution in [0.15, 0.2) is 65.8 Å². The summed E-state index contributed by atoms with van der Waals surface area (Å²) in [5.41, 5.74) is 2.80. The first kappa shape index (κ1) is 41.7. The van der Waals surface area contributed by atoms with Crippen LogP contribution < -0.4 is 15.4 Å². The summed E-state index contributed by atoms with van der Waals surface area (Å²) in [6.45, 7) is 0.460. The number of nitrogens with zero attached hydrogens (tertiary/aromatic N) is 2. The number of hydrogen-bond acceptors (Lipinski definition) is 12. The van der Waals surface area contributed by atoms with E-state index in [-0.39, 0.29) is 50.5 Å². The van der Waals surface area contributed by atoms with Gasteiger partial charge in [-0.05, 0) is 67.1 Å². The summed E-state index contributed by atoms with van der Waals surface area (Å²) in [6, 6.07) is 12.3. The Morgan fingerprint density at radius 3 is 2.48 bits per heavy atom. The smallest absolute Gasteiger partial charge is 0.315 e.